The number of hydrogen-bond donors (Lipinski definition) is 2. The van der Waals surface area contributed by atoms with E-state index in [4.69, 9.17) is 9.47 Å². The van der Waals surface area contributed by atoms with Crippen LogP contribution in [0.1, 0.15) is 23.6 Å². The van der Waals surface area contributed by atoms with E-state index in [0.717, 1.165) is 16.7 Å². The summed E-state index contributed by atoms with van der Waals surface area (Å²) in [4.78, 5) is 23.8. The Morgan fingerprint density at radius 2 is 1.58 bits per heavy atom. The summed E-state index contributed by atoms with van der Waals surface area (Å²) in [7, 11) is 0. The highest BCUT2D eigenvalue weighted by molar-refractivity contribution is 5.85. The minimum Gasteiger partial charge on any atom is -0.484 e. The zero-order chi connectivity index (χ0) is 19.1. The largest absolute Gasteiger partial charge is 0.484 e. The maximum absolute atomic E-state index is 12.0. The van der Waals surface area contributed by atoms with Crippen molar-refractivity contribution in [2.24, 2.45) is 0 Å². The molecule has 6 heteroatoms. The predicted molar refractivity (Wildman–Crippen MR) is 99.0 cm³/mol. The van der Waals surface area contributed by atoms with Crippen molar-refractivity contribution in [1.82, 2.24) is 10.9 Å². The van der Waals surface area contributed by atoms with Crippen molar-refractivity contribution in [3.05, 3.63) is 59.2 Å². The average Bonchev–Trinajstić information content (AvgIpc) is 2.62. The lowest BCUT2D eigenvalue weighted by molar-refractivity contribution is -0.133. The molecule has 0 saturated carbocycles. The van der Waals surface area contributed by atoms with Crippen LogP contribution in [0.25, 0.3) is 0 Å². The Balaban J connectivity index is 1.75. The Hall–Kier alpha value is -3.02. The molecule has 2 amide bonds. The monoisotopic (exact) mass is 356 g/mol. The number of aryl methyl sites for hydroxylation is 3. The summed E-state index contributed by atoms with van der Waals surface area (Å²) in [6.45, 7) is 7.35. The molecule has 2 aromatic carbocycles. The lowest BCUT2D eigenvalue weighted by Crippen LogP contribution is -2.48. The van der Waals surface area contributed by atoms with Crippen molar-refractivity contribution < 1.29 is 19.1 Å². The minimum absolute atomic E-state index is 0.199. The molecule has 1 atom stereocenters. The normalized spacial score (nSPS) is 11.4. The lowest BCUT2D eigenvalue weighted by atomic mass is 10.1. The first-order chi connectivity index (χ1) is 12.3. The molecular weight excluding hydrogens is 332 g/mol. The summed E-state index contributed by atoms with van der Waals surface area (Å²) in [6, 6.07) is 12.9. The van der Waals surface area contributed by atoms with Gasteiger partial charge in [0.05, 0.1) is 0 Å². The van der Waals surface area contributed by atoms with Gasteiger partial charge in [0.1, 0.15) is 11.5 Å². The molecule has 26 heavy (non-hydrogen) atoms. The van der Waals surface area contributed by atoms with Crippen molar-refractivity contribution in [1.29, 1.82) is 0 Å². The number of ether oxygens (including phenoxy) is 2. The van der Waals surface area contributed by atoms with E-state index in [1.807, 2.05) is 45.0 Å². The second kappa shape index (κ2) is 8.89. The first-order valence-corrected chi connectivity index (χ1v) is 8.37. The zero-order valence-corrected chi connectivity index (χ0v) is 15.5. The Kier molecular flexibility index (Phi) is 6.60. The highest BCUT2D eigenvalue weighted by Crippen LogP contribution is 2.17. The fourth-order valence-corrected chi connectivity index (χ4v) is 2.10. The zero-order valence-electron chi connectivity index (χ0n) is 15.5. The second-order valence-electron chi connectivity index (χ2n) is 6.15. The van der Waals surface area contributed by atoms with Crippen LogP contribution in [-0.4, -0.2) is 24.5 Å². The molecule has 0 aliphatic carbocycles. The SMILES string of the molecule is Cc1ccc(OCC(=O)NNC(=O)C(C)Oc2ccc(C)c(C)c2)cc1. The third kappa shape index (κ3) is 5.81. The number of nitrogens with one attached hydrogen (secondary N) is 2. The van der Waals surface area contributed by atoms with Crippen molar-refractivity contribution in [2.45, 2.75) is 33.8 Å². The van der Waals surface area contributed by atoms with Crippen LogP contribution in [0.2, 0.25) is 0 Å². The van der Waals surface area contributed by atoms with E-state index < -0.39 is 17.9 Å². The molecule has 0 heterocycles. The molecule has 0 fully saturated rings. The van der Waals surface area contributed by atoms with E-state index in [1.165, 1.54) is 0 Å². The predicted octanol–water partition coefficient (Wildman–Crippen LogP) is 2.61. The van der Waals surface area contributed by atoms with E-state index in [-0.39, 0.29) is 6.61 Å². The summed E-state index contributed by atoms with van der Waals surface area (Å²) in [6.07, 6.45) is -0.754. The molecule has 6 nitrogen and oxygen atoms in total. The van der Waals surface area contributed by atoms with Crippen molar-refractivity contribution in [3.63, 3.8) is 0 Å². The number of amides is 2. The molecule has 0 spiro atoms. The van der Waals surface area contributed by atoms with E-state index in [9.17, 15) is 9.59 Å². The Morgan fingerprint density at radius 1 is 0.923 bits per heavy atom. The molecule has 1 unspecified atom stereocenters. The lowest BCUT2D eigenvalue weighted by Gasteiger charge is -2.16. The molecule has 0 aliphatic heterocycles. The van der Waals surface area contributed by atoms with Gasteiger partial charge in [-0.1, -0.05) is 23.8 Å². The van der Waals surface area contributed by atoms with E-state index in [2.05, 4.69) is 10.9 Å². The van der Waals surface area contributed by atoms with Gasteiger partial charge in [-0.15, -0.1) is 0 Å². The Labute approximate surface area is 153 Å². The number of hydrazine groups is 1. The van der Waals surface area contributed by atoms with E-state index in [1.54, 1.807) is 25.1 Å². The second-order valence-corrected chi connectivity index (χ2v) is 6.15. The molecule has 2 rings (SSSR count). The summed E-state index contributed by atoms with van der Waals surface area (Å²) in [5.41, 5.74) is 7.97. The average molecular weight is 356 g/mol. The van der Waals surface area contributed by atoms with E-state index >= 15 is 0 Å². The number of carbonyl (C=O) groups excluding carboxylic acids is 2. The Bertz CT molecular complexity index is 772. The summed E-state index contributed by atoms with van der Waals surface area (Å²) in [5.74, 6) is 0.275. The quantitative estimate of drug-likeness (QED) is 0.780. The summed E-state index contributed by atoms with van der Waals surface area (Å²) in [5, 5.41) is 0. The van der Waals surface area contributed by atoms with Crippen LogP contribution in [0.15, 0.2) is 42.5 Å². The van der Waals surface area contributed by atoms with Gasteiger partial charge in [0.25, 0.3) is 11.8 Å². The van der Waals surface area contributed by atoms with Gasteiger partial charge in [-0.05, 0) is 63.1 Å². The molecule has 2 N–H and O–H groups in total. The molecular formula is C20H24N2O4. The van der Waals surface area contributed by atoms with Gasteiger partial charge in [-0.25, -0.2) is 0 Å². The van der Waals surface area contributed by atoms with Crippen LogP contribution in [0.3, 0.4) is 0 Å². The van der Waals surface area contributed by atoms with Crippen LogP contribution >= 0.6 is 0 Å². The third-order valence-electron chi connectivity index (χ3n) is 3.88. The maximum atomic E-state index is 12.0. The van der Waals surface area contributed by atoms with Gasteiger partial charge in [0, 0.05) is 0 Å². The van der Waals surface area contributed by atoms with Crippen LogP contribution in [-0.2, 0) is 9.59 Å². The fraction of sp³-hybridized carbons (Fsp3) is 0.300. The molecule has 138 valence electrons. The fourth-order valence-electron chi connectivity index (χ4n) is 2.10. The minimum atomic E-state index is -0.754. The number of carbonyl (C=O) groups is 2. The Morgan fingerprint density at radius 3 is 2.23 bits per heavy atom. The summed E-state index contributed by atoms with van der Waals surface area (Å²) < 4.78 is 10.9. The molecule has 0 bridgehead atoms. The van der Waals surface area contributed by atoms with Crippen LogP contribution in [0.5, 0.6) is 11.5 Å². The highest BCUT2D eigenvalue weighted by Gasteiger charge is 2.15. The molecule has 0 aliphatic rings. The number of hydrogen-bond acceptors (Lipinski definition) is 4. The van der Waals surface area contributed by atoms with Gasteiger partial charge < -0.3 is 9.47 Å². The van der Waals surface area contributed by atoms with Gasteiger partial charge >= 0.3 is 0 Å². The number of benzene rings is 2. The van der Waals surface area contributed by atoms with Crippen molar-refractivity contribution in [3.8, 4) is 11.5 Å². The standard InChI is InChI=1S/C20H24N2O4/c1-13-5-8-17(9-6-13)25-12-19(23)21-22-20(24)16(4)26-18-10-7-14(2)15(3)11-18/h5-11,16H,12H2,1-4H3,(H,21,23)(H,22,24). The maximum Gasteiger partial charge on any atom is 0.279 e. The van der Waals surface area contributed by atoms with Crippen molar-refractivity contribution >= 4 is 11.8 Å². The topological polar surface area (TPSA) is 76.7 Å². The third-order valence-corrected chi connectivity index (χ3v) is 3.88. The van der Waals surface area contributed by atoms with E-state index in [0.29, 0.717) is 11.5 Å². The van der Waals surface area contributed by atoms with Gasteiger partial charge in [-0.2, -0.15) is 0 Å². The molecule has 2 aromatic rings. The van der Waals surface area contributed by atoms with Crippen LogP contribution in [0, 0.1) is 20.8 Å². The highest BCUT2D eigenvalue weighted by atomic mass is 16.5. The van der Waals surface area contributed by atoms with Gasteiger partial charge in [0.15, 0.2) is 12.7 Å². The van der Waals surface area contributed by atoms with Gasteiger partial charge in [0.2, 0.25) is 0 Å². The van der Waals surface area contributed by atoms with Crippen LogP contribution < -0.4 is 20.3 Å². The van der Waals surface area contributed by atoms with Gasteiger partial charge in [-0.3, -0.25) is 20.4 Å². The molecule has 0 aromatic heterocycles. The first-order valence-electron chi connectivity index (χ1n) is 8.37. The molecule has 0 saturated heterocycles. The first kappa shape index (κ1) is 19.3. The smallest absolute Gasteiger partial charge is 0.279 e. The number of rotatable bonds is 6. The molecule has 0 radical (unpaired) electrons. The van der Waals surface area contributed by atoms with Crippen molar-refractivity contribution in [2.75, 3.05) is 6.61 Å². The summed E-state index contributed by atoms with van der Waals surface area (Å²) >= 11 is 0. The van der Waals surface area contributed by atoms with Crippen LogP contribution in [0.4, 0.5) is 0 Å².